The van der Waals surface area contributed by atoms with Crippen molar-refractivity contribution < 1.29 is 28.6 Å². The van der Waals surface area contributed by atoms with Crippen LogP contribution in [0.15, 0.2) is 72.9 Å². The second-order valence-corrected chi connectivity index (χ2v) is 24.1. The van der Waals surface area contributed by atoms with Gasteiger partial charge in [-0.2, -0.15) is 0 Å². The average Bonchev–Trinajstić information content (AvgIpc) is 3.47. The third-order valence-electron chi connectivity index (χ3n) is 15.9. The summed E-state index contributed by atoms with van der Waals surface area (Å²) >= 11 is 0. The second-order valence-electron chi connectivity index (χ2n) is 24.1. The van der Waals surface area contributed by atoms with E-state index in [2.05, 4.69) is 93.7 Å². The van der Waals surface area contributed by atoms with Gasteiger partial charge in [0.25, 0.3) is 0 Å². The summed E-state index contributed by atoms with van der Waals surface area (Å²) in [4.78, 5) is 38.1. The van der Waals surface area contributed by atoms with E-state index in [1.54, 1.807) is 0 Å². The van der Waals surface area contributed by atoms with Crippen molar-refractivity contribution in [2.24, 2.45) is 0 Å². The highest BCUT2D eigenvalue weighted by Gasteiger charge is 2.19. The van der Waals surface area contributed by atoms with E-state index in [1.165, 1.54) is 244 Å². The van der Waals surface area contributed by atoms with Crippen LogP contribution in [0.2, 0.25) is 0 Å². The summed E-state index contributed by atoms with van der Waals surface area (Å²) in [6, 6.07) is 0. The van der Waals surface area contributed by atoms with Crippen LogP contribution in [0, 0.1) is 0 Å². The van der Waals surface area contributed by atoms with Crippen molar-refractivity contribution in [3.8, 4) is 0 Å². The Kier molecular flexibility index (Phi) is 67.6. The predicted octanol–water partition coefficient (Wildman–Crippen LogP) is 24.8. The molecule has 0 aliphatic heterocycles. The third kappa shape index (κ3) is 67.6. The Balaban J connectivity index is 3.97. The maximum atomic E-state index is 12.9. The highest BCUT2D eigenvalue weighted by Crippen LogP contribution is 2.18. The van der Waals surface area contributed by atoms with Gasteiger partial charge < -0.3 is 14.2 Å². The van der Waals surface area contributed by atoms with Gasteiger partial charge in [-0.15, -0.1) is 0 Å². The molecule has 0 rings (SSSR count). The average molecular weight is 1150 g/mol. The SMILES string of the molecule is CC/C=C\C/C=C\C/C=C\C/C=C\C/C=C\CCCCCCCCCCCCCCCCCCCC(=O)OCC(COC(=O)CCCCCCCC)OC(=O)CCCCCCCCCCCCCCC/C=C\CCCCCCCCCC. The summed E-state index contributed by atoms with van der Waals surface area (Å²) < 4.78 is 16.9. The van der Waals surface area contributed by atoms with Crippen LogP contribution in [0.25, 0.3) is 0 Å². The van der Waals surface area contributed by atoms with Gasteiger partial charge in [-0.1, -0.05) is 338 Å². The molecular formula is C76H136O6. The number of unbranched alkanes of at least 4 members (excludes halogenated alkanes) is 43. The van der Waals surface area contributed by atoms with E-state index >= 15 is 0 Å². The van der Waals surface area contributed by atoms with Gasteiger partial charge in [0.15, 0.2) is 6.10 Å². The van der Waals surface area contributed by atoms with Gasteiger partial charge in [-0.05, 0) is 89.9 Å². The number of hydrogen-bond donors (Lipinski definition) is 0. The van der Waals surface area contributed by atoms with Crippen LogP contribution in [0.1, 0.15) is 374 Å². The van der Waals surface area contributed by atoms with Gasteiger partial charge in [0, 0.05) is 19.3 Å². The predicted molar refractivity (Wildman–Crippen MR) is 358 cm³/mol. The van der Waals surface area contributed by atoms with E-state index < -0.39 is 6.10 Å². The Hall–Kier alpha value is -3.15. The Morgan fingerprint density at radius 1 is 0.256 bits per heavy atom. The van der Waals surface area contributed by atoms with Crippen molar-refractivity contribution in [1.29, 1.82) is 0 Å². The quantitative estimate of drug-likeness (QED) is 0.0261. The first-order valence-electron chi connectivity index (χ1n) is 35.9. The fourth-order valence-corrected chi connectivity index (χ4v) is 10.6. The van der Waals surface area contributed by atoms with E-state index in [0.717, 1.165) is 89.9 Å². The van der Waals surface area contributed by atoms with Crippen LogP contribution in [0.4, 0.5) is 0 Å². The van der Waals surface area contributed by atoms with Crippen LogP contribution in [-0.2, 0) is 28.6 Å². The zero-order valence-electron chi connectivity index (χ0n) is 54.8. The Bertz CT molecular complexity index is 1500. The molecule has 0 bridgehead atoms. The molecule has 0 spiro atoms. The summed E-state index contributed by atoms with van der Waals surface area (Å²) in [5.74, 6) is -0.859. The van der Waals surface area contributed by atoms with Gasteiger partial charge in [-0.25, -0.2) is 0 Å². The van der Waals surface area contributed by atoms with Crippen LogP contribution >= 0.6 is 0 Å². The molecule has 1 unspecified atom stereocenters. The topological polar surface area (TPSA) is 78.9 Å². The molecule has 476 valence electrons. The minimum absolute atomic E-state index is 0.0700. The number of carbonyl (C=O) groups is 3. The Morgan fingerprint density at radius 2 is 0.476 bits per heavy atom. The molecular weight excluding hydrogens is 1010 g/mol. The molecule has 0 aromatic carbocycles. The molecule has 6 heteroatoms. The van der Waals surface area contributed by atoms with E-state index in [1.807, 2.05) is 0 Å². The van der Waals surface area contributed by atoms with Crippen molar-refractivity contribution >= 4 is 17.9 Å². The van der Waals surface area contributed by atoms with E-state index in [0.29, 0.717) is 19.3 Å². The molecule has 6 nitrogen and oxygen atoms in total. The summed E-state index contributed by atoms with van der Waals surface area (Å²) in [7, 11) is 0. The van der Waals surface area contributed by atoms with Crippen LogP contribution < -0.4 is 0 Å². The molecule has 0 amide bonds. The number of ether oxygens (including phenoxy) is 3. The summed E-state index contributed by atoms with van der Waals surface area (Å²) in [6.45, 7) is 6.52. The van der Waals surface area contributed by atoms with Gasteiger partial charge in [-0.3, -0.25) is 14.4 Å². The Morgan fingerprint density at radius 3 is 0.756 bits per heavy atom. The lowest BCUT2D eigenvalue weighted by Crippen LogP contribution is -2.30. The summed E-state index contributed by atoms with van der Waals surface area (Å²) in [5.41, 5.74) is 0. The highest BCUT2D eigenvalue weighted by molar-refractivity contribution is 5.71. The van der Waals surface area contributed by atoms with E-state index in [-0.39, 0.29) is 31.1 Å². The van der Waals surface area contributed by atoms with Gasteiger partial charge in [0.1, 0.15) is 13.2 Å². The summed E-state index contributed by atoms with van der Waals surface area (Å²) in [5, 5.41) is 0. The fraction of sp³-hybridized carbons (Fsp3) is 0.803. The number of rotatable bonds is 66. The minimum Gasteiger partial charge on any atom is -0.462 e. The molecule has 0 aliphatic rings. The molecule has 0 radical (unpaired) electrons. The molecule has 0 saturated carbocycles. The molecule has 0 aromatic heterocycles. The smallest absolute Gasteiger partial charge is 0.306 e. The minimum atomic E-state index is -0.770. The molecule has 0 fully saturated rings. The molecule has 0 N–H and O–H groups in total. The highest BCUT2D eigenvalue weighted by atomic mass is 16.6. The molecule has 1 atom stereocenters. The number of carbonyl (C=O) groups excluding carboxylic acids is 3. The number of esters is 3. The molecule has 0 aliphatic carbocycles. The van der Waals surface area contributed by atoms with Gasteiger partial charge in [0.2, 0.25) is 0 Å². The Labute approximate surface area is 510 Å². The number of hydrogen-bond acceptors (Lipinski definition) is 6. The van der Waals surface area contributed by atoms with Crippen molar-refractivity contribution in [2.75, 3.05) is 13.2 Å². The zero-order chi connectivity index (χ0) is 59.2. The number of allylic oxidation sites excluding steroid dienone is 12. The van der Waals surface area contributed by atoms with Crippen molar-refractivity contribution in [1.82, 2.24) is 0 Å². The van der Waals surface area contributed by atoms with Crippen molar-refractivity contribution in [3.63, 3.8) is 0 Å². The van der Waals surface area contributed by atoms with Crippen molar-refractivity contribution in [2.45, 2.75) is 380 Å². The molecule has 0 heterocycles. The third-order valence-corrected chi connectivity index (χ3v) is 15.9. The zero-order valence-corrected chi connectivity index (χ0v) is 54.8. The normalized spacial score (nSPS) is 12.5. The maximum absolute atomic E-state index is 12.9. The standard InChI is InChI=1S/C76H136O6/c1-4-7-10-13-16-18-20-22-24-26-28-30-32-34-35-36-37-38-39-40-41-43-44-46-48-50-52-54-56-58-60-63-66-69-75(78)81-72-73(71-80-74(77)68-65-62-15-12-9-6-3)82-76(79)70-67-64-61-59-57-55-53-51-49-47-45-42-33-31-29-27-25-23-21-19-17-14-11-8-5-2/h7,10,16,18,22,24,27-30,34-35,73H,4-6,8-9,11-15,17,19-21,23,25-26,31-33,36-72H2,1-3H3/b10-7-,18-16-,24-22-,29-27-,30-28-,35-34-. The van der Waals surface area contributed by atoms with Crippen molar-refractivity contribution in [3.05, 3.63) is 72.9 Å². The van der Waals surface area contributed by atoms with Crippen LogP contribution in [-0.4, -0.2) is 37.2 Å². The molecule has 82 heavy (non-hydrogen) atoms. The van der Waals surface area contributed by atoms with E-state index in [9.17, 15) is 14.4 Å². The van der Waals surface area contributed by atoms with Gasteiger partial charge >= 0.3 is 17.9 Å². The first kappa shape index (κ1) is 78.8. The lowest BCUT2D eigenvalue weighted by molar-refractivity contribution is -0.167. The van der Waals surface area contributed by atoms with Gasteiger partial charge in [0.05, 0.1) is 0 Å². The maximum Gasteiger partial charge on any atom is 0.306 e. The second kappa shape index (κ2) is 70.3. The largest absolute Gasteiger partial charge is 0.462 e. The molecule has 0 aromatic rings. The lowest BCUT2D eigenvalue weighted by Gasteiger charge is -2.18. The van der Waals surface area contributed by atoms with Crippen LogP contribution in [0.3, 0.4) is 0 Å². The fourth-order valence-electron chi connectivity index (χ4n) is 10.6. The molecule has 0 saturated heterocycles. The van der Waals surface area contributed by atoms with Crippen LogP contribution in [0.5, 0.6) is 0 Å². The summed E-state index contributed by atoms with van der Waals surface area (Å²) in [6.07, 6.45) is 92.7. The first-order chi connectivity index (χ1) is 40.5. The van der Waals surface area contributed by atoms with E-state index in [4.69, 9.17) is 14.2 Å². The first-order valence-corrected chi connectivity index (χ1v) is 35.9. The monoisotopic (exact) mass is 1150 g/mol. The lowest BCUT2D eigenvalue weighted by atomic mass is 10.0.